The van der Waals surface area contributed by atoms with E-state index >= 15 is 0 Å². The van der Waals surface area contributed by atoms with Gasteiger partial charge in [-0.05, 0) is 60.6 Å². The van der Waals surface area contributed by atoms with Crippen LogP contribution in [0, 0.1) is 0 Å². The standard InChI is InChI=1S/C28H17Br/c29-26-17-20-14-15-23(22-11-5-4-10-21(22)18-7-2-1-3-8-18)24-16-13-19-9-6-12-25(26)27(19)28(20)24/h1-17H. The van der Waals surface area contributed by atoms with E-state index in [9.17, 15) is 0 Å². The molecule has 0 aliphatic carbocycles. The molecule has 1 heteroatoms. The molecule has 0 amide bonds. The maximum absolute atomic E-state index is 3.78. The molecule has 0 atom stereocenters. The number of hydrogen-bond acceptors (Lipinski definition) is 0. The molecule has 0 radical (unpaired) electrons. The van der Waals surface area contributed by atoms with Crippen LogP contribution in [0.4, 0.5) is 0 Å². The van der Waals surface area contributed by atoms with Crippen molar-refractivity contribution in [2.45, 2.75) is 0 Å². The lowest BCUT2D eigenvalue weighted by molar-refractivity contribution is 1.60. The highest BCUT2D eigenvalue weighted by molar-refractivity contribution is 9.10. The molecule has 0 heterocycles. The molecule has 0 saturated heterocycles. The molecule has 0 spiro atoms. The van der Waals surface area contributed by atoms with Gasteiger partial charge in [0.2, 0.25) is 0 Å². The molecule has 0 N–H and O–H groups in total. The van der Waals surface area contributed by atoms with Crippen LogP contribution in [0.5, 0.6) is 0 Å². The van der Waals surface area contributed by atoms with E-state index in [-0.39, 0.29) is 0 Å². The first kappa shape index (κ1) is 16.8. The fraction of sp³-hybridized carbons (Fsp3) is 0. The summed E-state index contributed by atoms with van der Waals surface area (Å²) in [4.78, 5) is 0. The molecule has 136 valence electrons. The van der Waals surface area contributed by atoms with Gasteiger partial charge in [-0.25, -0.2) is 0 Å². The maximum Gasteiger partial charge on any atom is 0.0260 e. The van der Waals surface area contributed by atoms with E-state index in [1.807, 2.05) is 0 Å². The number of rotatable bonds is 2. The fourth-order valence-corrected chi connectivity index (χ4v) is 5.18. The third-order valence-corrected chi connectivity index (χ3v) is 6.55. The van der Waals surface area contributed by atoms with Crippen LogP contribution in [0.3, 0.4) is 0 Å². The summed E-state index contributed by atoms with van der Waals surface area (Å²) in [6, 6.07) is 37.2. The lowest BCUT2D eigenvalue weighted by Crippen LogP contribution is -1.90. The summed E-state index contributed by atoms with van der Waals surface area (Å²) in [5.41, 5.74) is 5.07. The minimum atomic E-state index is 1.15. The molecule has 6 aromatic rings. The molecule has 6 aromatic carbocycles. The Morgan fingerprint density at radius 1 is 0.448 bits per heavy atom. The zero-order valence-corrected chi connectivity index (χ0v) is 17.3. The predicted octanol–water partition coefficient (Wildman–Crippen LogP) is 8.68. The average Bonchev–Trinajstić information content (AvgIpc) is 2.79. The van der Waals surface area contributed by atoms with Gasteiger partial charge in [-0.1, -0.05) is 113 Å². The van der Waals surface area contributed by atoms with Crippen molar-refractivity contribution in [2.24, 2.45) is 0 Å². The topological polar surface area (TPSA) is 0 Å². The Morgan fingerprint density at radius 2 is 1.17 bits per heavy atom. The second-order valence-corrected chi connectivity index (χ2v) is 8.35. The molecule has 0 aromatic heterocycles. The van der Waals surface area contributed by atoms with Gasteiger partial charge in [-0.2, -0.15) is 0 Å². The van der Waals surface area contributed by atoms with Gasteiger partial charge < -0.3 is 0 Å². The second-order valence-electron chi connectivity index (χ2n) is 7.50. The Hall–Kier alpha value is -3.16. The van der Waals surface area contributed by atoms with Crippen molar-refractivity contribution in [3.8, 4) is 22.3 Å². The van der Waals surface area contributed by atoms with Crippen LogP contribution in [-0.2, 0) is 0 Å². The van der Waals surface area contributed by atoms with Crippen LogP contribution in [0.1, 0.15) is 0 Å². The Bertz CT molecular complexity index is 1500. The highest BCUT2D eigenvalue weighted by Gasteiger charge is 2.15. The molecule has 0 bridgehead atoms. The smallest absolute Gasteiger partial charge is 0.0260 e. The van der Waals surface area contributed by atoms with Crippen LogP contribution >= 0.6 is 15.9 Å². The minimum Gasteiger partial charge on any atom is -0.0622 e. The van der Waals surface area contributed by atoms with Crippen molar-refractivity contribution in [1.29, 1.82) is 0 Å². The summed E-state index contributed by atoms with van der Waals surface area (Å²) in [5, 5.41) is 7.83. The quantitative estimate of drug-likeness (QED) is 0.240. The van der Waals surface area contributed by atoms with Crippen molar-refractivity contribution in [3.05, 3.63) is 108 Å². The van der Waals surface area contributed by atoms with Gasteiger partial charge in [0.05, 0.1) is 0 Å². The SMILES string of the molecule is Brc1cc2ccc(-c3ccccc3-c3ccccc3)c3ccc4cccc1c4c23. The van der Waals surface area contributed by atoms with Crippen LogP contribution in [0.2, 0.25) is 0 Å². The summed E-state index contributed by atoms with van der Waals surface area (Å²) in [6.07, 6.45) is 0. The van der Waals surface area contributed by atoms with Gasteiger partial charge in [-0.3, -0.25) is 0 Å². The lowest BCUT2D eigenvalue weighted by atomic mass is 9.87. The first-order valence-electron chi connectivity index (χ1n) is 9.82. The first-order valence-corrected chi connectivity index (χ1v) is 10.6. The van der Waals surface area contributed by atoms with E-state index in [1.54, 1.807) is 0 Å². The van der Waals surface area contributed by atoms with E-state index in [1.165, 1.54) is 54.6 Å². The van der Waals surface area contributed by atoms with Crippen molar-refractivity contribution < 1.29 is 0 Å². The van der Waals surface area contributed by atoms with E-state index in [0.717, 1.165) is 4.47 Å². The maximum atomic E-state index is 3.78. The van der Waals surface area contributed by atoms with E-state index in [0.29, 0.717) is 0 Å². The summed E-state index contributed by atoms with van der Waals surface area (Å²) in [6.45, 7) is 0. The highest BCUT2D eigenvalue weighted by Crippen LogP contribution is 2.43. The predicted molar refractivity (Wildman–Crippen MR) is 129 cm³/mol. The van der Waals surface area contributed by atoms with E-state index in [2.05, 4.69) is 119 Å². The third kappa shape index (κ3) is 2.51. The average molecular weight is 433 g/mol. The fourth-order valence-electron chi connectivity index (χ4n) is 4.61. The van der Waals surface area contributed by atoms with Gasteiger partial charge in [0.25, 0.3) is 0 Å². The van der Waals surface area contributed by atoms with Gasteiger partial charge in [0.1, 0.15) is 0 Å². The number of hydrogen-bond donors (Lipinski definition) is 0. The minimum absolute atomic E-state index is 1.15. The van der Waals surface area contributed by atoms with Crippen LogP contribution in [0.15, 0.2) is 108 Å². The summed E-state index contributed by atoms with van der Waals surface area (Å²) in [5.74, 6) is 0. The van der Waals surface area contributed by atoms with Crippen LogP contribution in [-0.4, -0.2) is 0 Å². The molecule has 6 rings (SSSR count). The molecular formula is C28H17Br. The van der Waals surface area contributed by atoms with Gasteiger partial charge >= 0.3 is 0 Å². The van der Waals surface area contributed by atoms with E-state index in [4.69, 9.17) is 0 Å². The Labute approximate surface area is 177 Å². The zero-order valence-electron chi connectivity index (χ0n) is 15.7. The van der Waals surface area contributed by atoms with Crippen LogP contribution < -0.4 is 0 Å². The molecule has 0 unspecified atom stereocenters. The molecule has 0 aliphatic heterocycles. The molecule has 0 fully saturated rings. The van der Waals surface area contributed by atoms with Crippen molar-refractivity contribution >= 4 is 48.2 Å². The molecule has 0 aliphatic rings. The summed E-state index contributed by atoms with van der Waals surface area (Å²) in [7, 11) is 0. The monoisotopic (exact) mass is 432 g/mol. The van der Waals surface area contributed by atoms with Gasteiger partial charge in [0.15, 0.2) is 0 Å². The van der Waals surface area contributed by atoms with Crippen molar-refractivity contribution in [2.75, 3.05) is 0 Å². The van der Waals surface area contributed by atoms with Crippen LogP contribution in [0.25, 0.3) is 54.6 Å². The lowest BCUT2D eigenvalue weighted by Gasteiger charge is -2.17. The Morgan fingerprint density at radius 3 is 2.03 bits per heavy atom. The summed E-state index contributed by atoms with van der Waals surface area (Å²) < 4.78 is 1.15. The molecule has 0 saturated carbocycles. The van der Waals surface area contributed by atoms with Crippen molar-refractivity contribution in [1.82, 2.24) is 0 Å². The number of halogens is 1. The normalized spacial score (nSPS) is 11.6. The third-order valence-electron chi connectivity index (χ3n) is 5.90. The Kier molecular flexibility index (Phi) is 3.72. The van der Waals surface area contributed by atoms with Crippen molar-refractivity contribution in [3.63, 3.8) is 0 Å². The highest BCUT2D eigenvalue weighted by atomic mass is 79.9. The molecule has 29 heavy (non-hydrogen) atoms. The first-order chi connectivity index (χ1) is 14.3. The molecular weight excluding hydrogens is 416 g/mol. The summed E-state index contributed by atoms with van der Waals surface area (Å²) >= 11 is 3.78. The molecule has 0 nitrogen and oxygen atoms in total. The van der Waals surface area contributed by atoms with Gasteiger partial charge in [-0.15, -0.1) is 0 Å². The zero-order chi connectivity index (χ0) is 19.4. The van der Waals surface area contributed by atoms with E-state index < -0.39 is 0 Å². The second kappa shape index (κ2) is 6.43. The van der Waals surface area contributed by atoms with Gasteiger partial charge in [0, 0.05) is 4.47 Å². The Balaban J connectivity index is 1.74. The number of benzene rings is 6. The largest absolute Gasteiger partial charge is 0.0622 e.